The molecule has 0 spiro atoms. The lowest BCUT2D eigenvalue weighted by atomic mass is 10.1. The first-order valence-corrected chi connectivity index (χ1v) is 5.11. The molecule has 6 heteroatoms. The third kappa shape index (κ3) is 2.15. The monoisotopic (exact) mass is 236 g/mol. The number of aromatic hydroxyl groups is 2. The Hall–Kier alpha value is -2.24. The Morgan fingerprint density at radius 1 is 1.41 bits per heavy atom. The molecule has 0 atom stereocenters. The Balaban J connectivity index is 2.29. The molecular weight excluding hydrogens is 224 g/mol. The number of carboxylic acid groups (broad SMARTS) is 1. The SMILES string of the molecule is O=C(O)CCN1CN=Cc2c1ccc(O)c2O. The minimum absolute atomic E-state index is 0.00337. The van der Waals surface area contributed by atoms with Gasteiger partial charge in [-0.05, 0) is 12.1 Å². The van der Waals surface area contributed by atoms with Gasteiger partial charge in [0.1, 0.15) is 6.67 Å². The number of carbonyl (C=O) groups is 1. The molecule has 1 heterocycles. The zero-order chi connectivity index (χ0) is 12.4. The van der Waals surface area contributed by atoms with Crippen LogP contribution in [-0.2, 0) is 4.79 Å². The average molecular weight is 236 g/mol. The van der Waals surface area contributed by atoms with E-state index in [0.717, 1.165) is 0 Å². The predicted molar refractivity (Wildman–Crippen MR) is 61.8 cm³/mol. The highest BCUT2D eigenvalue weighted by Crippen LogP contribution is 2.36. The fourth-order valence-electron chi connectivity index (χ4n) is 1.72. The van der Waals surface area contributed by atoms with Gasteiger partial charge < -0.3 is 20.2 Å². The molecular formula is C11H12N2O4. The Labute approximate surface area is 97.4 Å². The Bertz CT molecular complexity index is 485. The van der Waals surface area contributed by atoms with Gasteiger partial charge in [0, 0.05) is 12.8 Å². The number of phenols is 2. The number of hydrogen-bond acceptors (Lipinski definition) is 5. The number of rotatable bonds is 3. The van der Waals surface area contributed by atoms with Crippen molar-refractivity contribution in [1.29, 1.82) is 0 Å². The lowest BCUT2D eigenvalue weighted by Crippen LogP contribution is -2.29. The minimum Gasteiger partial charge on any atom is -0.504 e. The summed E-state index contributed by atoms with van der Waals surface area (Å²) in [7, 11) is 0. The maximum absolute atomic E-state index is 10.5. The molecule has 1 aliphatic heterocycles. The first-order chi connectivity index (χ1) is 8.09. The number of fused-ring (bicyclic) bond motifs is 1. The lowest BCUT2D eigenvalue weighted by molar-refractivity contribution is -0.136. The topological polar surface area (TPSA) is 93.4 Å². The standard InChI is InChI=1S/C11H12N2O4/c14-9-2-1-8-7(11(9)17)5-12-6-13(8)4-3-10(15)16/h1-2,5,14,17H,3-4,6H2,(H,15,16). The zero-order valence-electron chi connectivity index (χ0n) is 9.00. The molecule has 1 aromatic rings. The summed E-state index contributed by atoms with van der Waals surface area (Å²) in [5.74, 6) is -1.33. The molecule has 0 radical (unpaired) electrons. The third-order valence-corrected chi connectivity index (χ3v) is 2.58. The number of phenolic OH excluding ortho intramolecular Hbond substituents is 2. The highest BCUT2D eigenvalue weighted by molar-refractivity contribution is 5.94. The second-order valence-corrected chi connectivity index (χ2v) is 3.73. The lowest BCUT2D eigenvalue weighted by Gasteiger charge is -2.27. The molecule has 3 N–H and O–H groups in total. The second-order valence-electron chi connectivity index (χ2n) is 3.73. The van der Waals surface area contributed by atoms with E-state index in [-0.39, 0.29) is 17.9 Å². The highest BCUT2D eigenvalue weighted by atomic mass is 16.4. The third-order valence-electron chi connectivity index (χ3n) is 2.58. The van der Waals surface area contributed by atoms with Crippen LogP contribution in [0, 0.1) is 0 Å². The van der Waals surface area contributed by atoms with Gasteiger partial charge in [0.25, 0.3) is 0 Å². The molecule has 1 aliphatic rings. The summed E-state index contributed by atoms with van der Waals surface area (Å²) >= 11 is 0. The number of hydrogen-bond donors (Lipinski definition) is 3. The summed E-state index contributed by atoms with van der Waals surface area (Å²) in [6.07, 6.45) is 1.47. The van der Waals surface area contributed by atoms with Crippen molar-refractivity contribution >= 4 is 17.9 Å². The van der Waals surface area contributed by atoms with E-state index in [2.05, 4.69) is 4.99 Å². The summed E-state index contributed by atoms with van der Waals surface area (Å²) in [4.78, 5) is 16.3. The summed E-state index contributed by atoms with van der Waals surface area (Å²) in [5.41, 5.74) is 1.10. The van der Waals surface area contributed by atoms with Crippen molar-refractivity contribution in [3.8, 4) is 11.5 Å². The molecule has 2 rings (SSSR count). The molecule has 0 saturated carbocycles. The first kappa shape index (κ1) is 11.3. The molecule has 6 nitrogen and oxygen atoms in total. The van der Waals surface area contributed by atoms with Crippen LogP contribution in [0.25, 0.3) is 0 Å². The van der Waals surface area contributed by atoms with Crippen LogP contribution in [-0.4, -0.2) is 40.7 Å². The van der Waals surface area contributed by atoms with Gasteiger partial charge in [0.2, 0.25) is 0 Å². The van der Waals surface area contributed by atoms with E-state index in [1.165, 1.54) is 12.3 Å². The largest absolute Gasteiger partial charge is 0.504 e. The molecule has 17 heavy (non-hydrogen) atoms. The smallest absolute Gasteiger partial charge is 0.305 e. The van der Waals surface area contributed by atoms with Crippen LogP contribution in [0.3, 0.4) is 0 Å². The molecule has 0 unspecified atom stereocenters. The van der Waals surface area contributed by atoms with Gasteiger partial charge in [0.05, 0.1) is 17.7 Å². The summed E-state index contributed by atoms with van der Waals surface area (Å²) in [6, 6.07) is 3.01. The van der Waals surface area contributed by atoms with Crippen molar-refractivity contribution in [3.05, 3.63) is 17.7 Å². The molecule has 90 valence electrons. The summed E-state index contributed by atoms with van der Waals surface area (Å²) < 4.78 is 0. The van der Waals surface area contributed by atoms with Gasteiger partial charge in [-0.15, -0.1) is 0 Å². The van der Waals surface area contributed by atoms with E-state index in [1.54, 1.807) is 11.0 Å². The Morgan fingerprint density at radius 2 is 2.18 bits per heavy atom. The van der Waals surface area contributed by atoms with Crippen LogP contribution in [0.5, 0.6) is 11.5 Å². The van der Waals surface area contributed by atoms with E-state index >= 15 is 0 Å². The van der Waals surface area contributed by atoms with Crippen LogP contribution >= 0.6 is 0 Å². The van der Waals surface area contributed by atoms with Crippen molar-refractivity contribution in [1.82, 2.24) is 0 Å². The maximum atomic E-state index is 10.5. The molecule has 0 aliphatic carbocycles. The van der Waals surface area contributed by atoms with E-state index in [4.69, 9.17) is 5.11 Å². The number of benzene rings is 1. The first-order valence-electron chi connectivity index (χ1n) is 5.11. The average Bonchev–Trinajstić information content (AvgIpc) is 2.31. The van der Waals surface area contributed by atoms with Gasteiger partial charge in [-0.1, -0.05) is 0 Å². The van der Waals surface area contributed by atoms with Crippen molar-refractivity contribution in [3.63, 3.8) is 0 Å². The van der Waals surface area contributed by atoms with Gasteiger partial charge >= 0.3 is 5.97 Å². The van der Waals surface area contributed by atoms with Gasteiger partial charge in [-0.2, -0.15) is 0 Å². The number of carboxylic acids is 1. The molecule has 0 bridgehead atoms. The normalized spacial score (nSPS) is 13.5. The molecule has 0 saturated heterocycles. The molecule has 0 fully saturated rings. The fraction of sp³-hybridized carbons (Fsp3) is 0.273. The van der Waals surface area contributed by atoms with Crippen LogP contribution in [0.1, 0.15) is 12.0 Å². The quantitative estimate of drug-likeness (QED) is 0.674. The maximum Gasteiger partial charge on any atom is 0.305 e. The number of aliphatic carboxylic acids is 1. The van der Waals surface area contributed by atoms with Crippen molar-refractivity contribution in [2.24, 2.45) is 4.99 Å². The predicted octanol–water partition coefficient (Wildman–Crippen LogP) is 0.769. The zero-order valence-corrected chi connectivity index (χ0v) is 9.00. The van der Waals surface area contributed by atoms with Gasteiger partial charge in [-0.3, -0.25) is 9.79 Å². The van der Waals surface area contributed by atoms with Crippen LogP contribution < -0.4 is 4.90 Å². The summed E-state index contributed by atoms with van der Waals surface area (Å²) in [6.45, 7) is 0.661. The van der Waals surface area contributed by atoms with Crippen LogP contribution in [0.15, 0.2) is 17.1 Å². The molecule has 0 aromatic heterocycles. The van der Waals surface area contributed by atoms with E-state index in [9.17, 15) is 15.0 Å². The van der Waals surface area contributed by atoms with E-state index in [1.807, 2.05) is 0 Å². The van der Waals surface area contributed by atoms with Crippen molar-refractivity contribution < 1.29 is 20.1 Å². The van der Waals surface area contributed by atoms with Gasteiger partial charge in [-0.25, -0.2) is 0 Å². The van der Waals surface area contributed by atoms with E-state index < -0.39 is 5.97 Å². The minimum atomic E-state index is -0.885. The fourth-order valence-corrected chi connectivity index (χ4v) is 1.72. The van der Waals surface area contributed by atoms with E-state index in [0.29, 0.717) is 24.5 Å². The second kappa shape index (κ2) is 4.32. The van der Waals surface area contributed by atoms with Crippen molar-refractivity contribution in [2.75, 3.05) is 18.1 Å². The number of nitrogens with zero attached hydrogens (tertiary/aromatic N) is 2. The Morgan fingerprint density at radius 3 is 2.88 bits per heavy atom. The molecule has 1 aromatic carbocycles. The molecule has 0 amide bonds. The van der Waals surface area contributed by atoms with Crippen LogP contribution in [0.4, 0.5) is 5.69 Å². The van der Waals surface area contributed by atoms with Gasteiger partial charge in [0.15, 0.2) is 11.5 Å². The number of anilines is 1. The number of aliphatic imine (C=N–C) groups is 1. The highest BCUT2D eigenvalue weighted by Gasteiger charge is 2.19. The van der Waals surface area contributed by atoms with Crippen molar-refractivity contribution in [2.45, 2.75) is 6.42 Å². The van der Waals surface area contributed by atoms with Crippen LogP contribution in [0.2, 0.25) is 0 Å². The Kier molecular flexibility index (Phi) is 2.86. The summed E-state index contributed by atoms with van der Waals surface area (Å²) in [5, 5.41) is 27.6.